The highest BCUT2D eigenvalue weighted by molar-refractivity contribution is 5.78. The minimum Gasteiger partial charge on any atom is -0.286 e. The summed E-state index contributed by atoms with van der Waals surface area (Å²) in [6.45, 7) is 6.77. The van der Waals surface area contributed by atoms with Gasteiger partial charge in [0.1, 0.15) is 0 Å². The van der Waals surface area contributed by atoms with Crippen LogP contribution in [0.25, 0.3) is 0 Å². The van der Waals surface area contributed by atoms with Gasteiger partial charge in [0.05, 0.1) is 12.1 Å². The first-order valence-corrected chi connectivity index (χ1v) is 5.79. The summed E-state index contributed by atoms with van der Waals surface area (Å²) in [4.78, 5) is 22.7. The van der Waals surface area contributed by atoms with Crippen LogP contribution < -0.4 is 0 Å². The van der Waals surface area contributed by atoms with Crippen LogP contribution in [0.2, 0.25) is 0 Å². The average Bonchev–Trinajstić information content (AvgIpc) is 2.26. The Morgan fingerprint density at radius 1 is 0.882 bits per heavy atom. The van der Waals surface area contributed by atoms with Crippen molar-refractivity contribution in [3.8, 4) is 0 Å². The predicted molar refractivity (Wildman–Crippen MR) is 61.4 cm³/mol. The monoisotopic (exact) mass is 246 g/mol. The van der Waals surface area contributed by atoms with Gasteiger partial charge in [0.25, 0.3) is 0 Å². The van der Waals surface area contributed by atoms with Crippen LogP contribution in [0.3, 0.4) is 0 Å². The fraction of sp³-hybridized carbons (Fsp3) is 0.818. The third kappa shape index (κ3) is 5.65. The Bertz CT molecular complexity index is 240. The van der Waals surface area contributed by atoms with E-state index >= 15 is 0 Å². The normalized spacial score (nSPS) is 10.8. The van der Waals surface area contributed by atoms with Crippen molar-refractivity contribution in [1.29, 1.82) is 0 Å². The number of nitrogens with zero attached hydrogens (tertiary/aromatic N) is 2. The molecule has 0 unspecified atom stereocenters. The van der Waals surface area contributed by atoms with Crippen molar-refractivity contribution in [1.82, 2.24) is 10.1 Å². The summed E-state index contributed by atoms with van der Waals surface area (Å²) in [6.07, 6.45) is 0.490. The van der Waals surface area contributed by atoms with Gasteiger partial charge in [-0.15, -0.1) is 0 Å². The second-order valence-corrected chi connectivity index (χ2v) is 4.52. The second kappa shape index (κ2) is 7.24. The van der Waals surface area contributed by atoms with Crippen molar-refractivity contribution >= 4 is 11.8 Å². The van der Waals surface area contributed by atoms with E-state index in [0.29, 0.717) is 16.5 Å². The van der Waals surface area contributed by atoms with Crippen LogP contribution in [0.15, 0.2) is 0 Å². The summed E-state index contributed by atoms with van der Waals surface area (Å²) in [7, 11) is 0. The zero-order valence-corrected chi connectivity index (χ0v) is 10.9. The molecule has 0 aliphatic rings. The van der Waals surface area contributed by atoms with E-state index < -0.39 is 11.8 Å². The number of amides is 2. The molecule has 6 nitrogen and oxygen atoms in total. The van der Waals surface area contributed by atoms with Crippen molar-refractivity contribution in [2.75, 3.05) is 0 Å². The highest BCUT2D eigenvalue weighted by Crippen LogP contribution is 2.05. The van der Waals surface area contributed by atoms with Gasteiger partial charge >= 0.3 is 0 Å². The predicted octanol–water partition coefficient (Wildman–Crippen LogP) is 1.41. The molecule has 0 aromatic heterocycles. The molecule has 0 aromatic carbocycles. The summed E-state index contributed by atoms with van der Waals surface area (Å²) in [6, 6.07) is -0.550. The minimum atomic E-state index is -0.415. The number of hydroxylamine groups is 4. The van der Waals surface area contributed by atoms with Gasteiger partial charge in [-0.2, -0.15) is 0 Å². The molecule has 0 rings (SSSR count). The molecule has 2 amide bonds. The smallest absolute Gasteiger partial charge is 0.246 e. The van der Waals surface area contributed by atoms with Gasteiger partial charge in [0.15, 0.2) is 0 Å². The summed E-state index contributed by atoms with van der Waals surface area (Å²) >= 11 is 0. The minimum absolute atomic E-state index is 0.0896. The third-order valence-corrected chi connectivity index (χ3v) is 2.27. The van der Waals surface area contributed by atoms with Gasteiger partial charge in [-0.3, -0.25) is 20.0 Å². The maximum absolute atomic E-state index is 11.4. The Balaban J connectivity index is 3.92. The molecular formula is C11H22N2O4. The van der Waals surface area contributed by atoms with Gasteiger partial charge in [0.2, 0.25) is 11.8 Å². The van der Waals surface area contributed by atoms with Crippen molar-refractivity contribution in [3.63, 3.8) is 0 Å². The van der Waals surface area contributed by atoms with Crippen molar-refractivity contribution in [2.45, 2.75) is 59.0 Å². The van der Waals surface area contributed by atoms with Crippen LogP contribution in [0.1, 0.15) is 47.0 Å². The van der Waals surface area contributed by atoms with E-state index in [1.165, 1.54) is 0 Å². The highest BCUT2D eigenvalue weighted by Gasteiger charge is 2.17. The van der Waals surface area contributed by atoms with E-state index in [1.807, 2.05) is 0 Å². The average molecular weight is 246 g/mol. The number of carbonyl (C=O) groups excluding carboxylic acids is 2. The Kier molecular flexibility index (Phi) is 6.75. The van der Waals surface area contributed by atoms with Crippen LogP contribution in [-0.4, -0.2) is 44.4 Å². The molecular weight excluding hydrogens is 224 g/mol. The zero-order chi connectivity index (χ0) is 13.6. The molecule has 0 aromatic rings. The SMILES string of the molecule is CC(C)N(O)C(=O)CCCC(=O)N(O)C(C)C. The van der Waals surface area contributed by atoms with Gasteiger partial charge in [0, 0.05) is 12.8 Å². The molecule has 17 heavy (non-hydrogen) atoms. The van der Waals surface area contributed by atoms with Crippen molar-refractivity contribution < 1.29 is 20.0 Å². The molecule has 0 heterocycles. The molecule has 0 aliphatic heterocycles. The zero-order valence-electron chi connectivity index (χ0n) is 10.9. The molecule has 2 N–H and O–H groups in total. The van der Waals surface area contributed by atoms with Gasteiger partial charge in [-0.25, -0.2) is 10.1 Å². The lowest BCUT2D eigenvalue weighted by atomic mass is 10.2. The van der Waals surface area contributed by atoms with E-state index in [0.717, 1.165) is 0 Å². The first-order chi connectivity index (χ1) is 7.77. The number of hydrogen-bond acceptors (Lipinski definition) is 4. The van der Waals surface area contributed by atoms with Crippen LogP contribution in [-0.2, 0) is 9.59 Å². The van der Waals surface area contributed by atoms with E-state index in [2.05, 4.69) is 0 Å². The summed E-state index contributed by atoms with van der Waals surface area (Å²) in [5, 5.41) is 19.9. The van der Waals surface area contributed by atoms with Gasteiger partial charge < -0.3 is 0 Å². The lowest BCUT2D eigenvalue weighted by molar-refractivity contribution is -0.175. The summed E-state index contributed by atoms with van der Waals surface area (Å²) in [5.41, 5.74) is 0. The van der Waals surface area contributed by atoms with Gasteiger partial charge in [-0.1, -0.05) is 0 Å². The van der Waals surface area contributed by atoms with Crippen LogP contribution in [0.5, 0.6) is 0 Å². The lowest BCUT2D eigenvalue weighted by Gasteiger charge is -2.20. The molecule has 100 valence electrons. The van der Waals surface area contributed by atoms with Crippen molar-refractivity contribution in [3.05, 3.63) is 0 Å². The van der Waals surface area contributed by atoms with Crippen LogP contribution in [0.4, 0.5) is 0 Å². The Morgan fingerprint density at radius 3 is 1.41 bits per heavy atom. The quantitative estimate of drug-likeness (QED) is 0.548. The molecule has 0 saturated heterocycles. The fourth-order valence-electron chi connectivity index (χ4n) is 1.20. The summed E-state index contributed by atoms with van der Waals surface area (Å²) in [5.74, 6) is -0.830. The molecule has 0 bridgehead atoms. The number of rotatable bonds is 6. The van der Waals surface area contributed by atoms with E-state index in [4.69, 9.17) is 0 Å². The molecule has 0 atom stereocenters. The molecule has 0 aliphatic carbocycles. The lowest BCUT2D eigenvalue weighted by Crippen LogP contribution is -2.35. The van der Waals surface area contributed by atoms with E-state index in [-0.39, 0.29) is 24.9 Å². The first kappa shape index (κ1) is 15.9. The largest absolute Gasteiger partial charge is 0.286 e. The van der Waals surface area contributed by atoms with E-state index in [9.17, 15) is 20.0 Å². The van der Waals surface area contributed by atoms with E-state index in [1.54, 1.807) is 27.7 Å². The molecule has 0 fully saturated rings. The Hall–Kier alpha value is -1.14. The third-order valence-electron chi connectivity index (χ3n) is 2.27. The van der Waals surface area contributed by atoms with Crippen molar-refractivity contribution in [2.24, 2.45) is 0 Å². The standard InChI is InChI=1S/C11H22N2O4/c1-8(2)12(16)10(14)6-5-7-11(15)13(17)9(3)4/h8-9,16-17H,5-7H2,1-4H3. The Morgan fingerprint density at radius 2 is 1.18 bits per heavy atom. The topological polar surface area (TPSA) is 81.1 Å². The van der Waals surface area contributed by atoms with Gasteiger partial charge in [-0.05, 0) is 34.1 Å². The molecule has 6 heteroatoms. The number of hydrogen-bond donors (Lipinski definition) is 2. The van der Waals surface area contributed by atoms with Crippen LogP contribution in [0, 0.1) is 0 Å². The highest BCUT2D eigenvalue weighted by atomic mass is 16.5. The maximum Gasteiger partial charge on any atom is 0.246 e. The Labute approximate surface area is 102 Å². The second-order valence-electron chi connectivity index (χ2n) is 4.52. The molecule has 0 spiro atoms. The maximum atomic E-state index is 11.4. The molecule has 0 saturated carbocycles. The summed E-state index contributed by atoms with van der Waals surface area (Å²) < 4.78 is 0. The fourth-order valence-corrected chi connectivity index (χ4v) is 1.20. The first-order valence-electron chi connectivity index (χ1n) is 5.79. The van der Waals surface area contributed by atoms with Crippen LogP contribution >= 0.6 is 0 Å². The molecule has 0 radical (unpaired) electrons. The number of carbonyl (C=O) groups is 2.